The summed E-state index contributed by atoms with van der Waals surface area (Å²) < 4.78 is 61.5. The number of allylic oxidation sites excluding steroid dienone is 18. The summed E-state index contributed by atoms with van der Waals surface area (Å²) in [4.78, 5) is 23.1. The van der Waals surface area contributed by atoms with E-state index < -0.39 is 0 Å². The monoisotopic (exact) mass is 1350 g/mol. The van der Waals surface area contributed by atoms with Gasteiger partial charge in [0.15, 0.2) is 34.5 Å². The molecule has 101 heavy (non-hydrogen) atoms. The molecule has 2 N–H and O–H groups in total. The van der Waals surface area contributed by atoms with Gasteiger partial charge in [-0.3, -0.25) is 4.68 Å². The van der Waals surface area contributed by atoms with E-state index in [0.29, 0.717) is 110 Å². The molecular weight excluding hydrogens is 1270 g/mol. The lowest BCUT2D eigenvalue weighted by atomic mass is 9.80. The largest absolute Gasteiger partial charge is 0.493 e. The van der Waals surface area contributed by atoms with Crippen LogP contribution in [0.2, 0.25) is 0 Å². The van der Waals surface area contributed by atoms with Gasteiger partial charge in [-0.05, 0) is 165 Å². The molecule has 7 aliphatic rings. The van der Waals surface area contributed by atoms with Gasteiger partial charge in [-0.25, -0.2) is 20.0 Å². The third-order valence-corrected chi connectivity index (χ3v) is 18.3. The van der Waals surface area contributed by atoms with Crippen LogP contribution in [-0.4, -0.2) is 113 Å². The molecule has 8 heterocycles. The smallest absolute Gasteiger partial charge is 0.218 e. The van der Waals surface area contributed by atoms with Gasteiger partial charge in [-0.2, -0.15) is 0 Å². The van der Waals surface area contributed by atoms with Crippen LogP contribution in [0.3, 0.4) is 0 Å². The number of nitrogens with one attached hydrogen (secondary N) is 2. The van der Waals surface area contributed by atoms with Crippen LogP contribution in [0.25, 0.3) is 22.3 Å². The fourth-order valence-corrected chi connectivity index (χ4v) is 12.9. The molecule has 0 unspecified atom stereocenters. The molecule has 0 fully saturated rings. The van der Waals surface area contributed by atoms with Gasteiger partial charge in [0.05, 0.1) is 111 Å². The molecule has 13 rings (SSSR count). The summed E-state index contributed by atoms with van der Waals surface area (Å²) in [5, 5.41) is 8.97. The number of rotatable bonds is 20. The summed E-state index contributed by atoms with van der Waals surface area (Å²) in [6.45, 7) is 15.2. The van der Waals surface area contributed by atoms with Gasteiger partial charge in [-0.1, -0.05) is 65.0 Å². The number of ether oxygens (including phenoxy) is 10. The van der Waals surface area contributed by atoms with Crippen LogP contribution in [0.15, 0.2) is 227 Å². The third-order valence-electron chi connectivity index (χ3n) is 18.3. The minimum absolute atomic E-state index is 0.0320. The predicted molar refractivity (Wildman–Crippen MR) is 397 cm³/mol. The molecule has 19 heteroatoms. The molecule has 514 valence electrons. The fourth-order valence-electron chi connectivity index (χ4n) is 12.9. The molecule has 6 aromatic rings. The van der Waals surface area contributed by atoms with Crippen molar-refractivity contribution in [1.29, 1.82) is 0 Å². The number of aromatic nitrogens is 3. The highest BCUT2D eigenvalue weighted by molar-refractivity contribution is 6.38. The van der Waals surface area contributed by atoms with E-state index in [-0.39, 0.29) is 17.4 Å². The van der Waals surface area contributed by atoms with Crippen molar-refractivity contribution >= 4 is 50.8 Å². The summed E-state index contributed by atoms with van der Waals surface area (Å²) in [6, 6.07) is 26.5. The molecule has 0 saturated heterocycles. The molecule has 19 nitrogen and oxygen atoms in total. The number of hydrogen-bond donors (Lipinski definition) is 2. The average molecular weight is 1350 g/mol. The maximum atomic E-state index is 6.44. The number of fused-ring (bicyclic) bond motifs is 4. The predicted octanol–water partition coefficient (Wildman–Crippen LogP) is 11.9. The zero-order valence-corrected chi connectivity index (χ0v) is 59.7. The fraction of sp³-hybridized carbons (Fsp3) is 0.244. The molecule has 0 aliphatic carbocycles. The van der Waals surface area contributed by atoms with Gasteiger partial charge >= 0.3 is 0 Å². The number of methoxy groups -OCH3 is 9. The molecule has 0 saturated carbocycles. The van der Waals surface area contributed by atoms with Crippen molar-refractivity contribution in [2.75, 3.05) is 75.4 Å². The molecular formula is C82H83N9O10+2. The van der Waals surface area contributed by atoms with Crippen molar-refractivity contribution in [3.8, 4) is 57.5 Å². The highest BCUT2D eigenvalue weighted by atomic mass is 16.5. The van der Waals surface area contributed by atoms with Gasteiger partial charge in [0.1, 0.15) is 23.6 Å². The van der Waals surface area contributed by atoms with E-state index in [1.165, 1.54) is 11.1 Å². The molecule has 1 aromatic heterocycles. The lowest BCUT2D eigenvalue weighted by molar-refractivity contribution is -0.388. The van der Waals surface area contributed by atoms with Crippen molar-refractivity contribution in [2.24, 2.45) is 9.98 Å². The first-order valence-corrected chi connectivity index (χ1v) is 33.2. The molecule has 0 radical (unpaired) electrons. The summed E-state index contributed by atoms with van der Waals surface area (Å²) in [6.07, 6.45) is 35.4. The van der Waals surface area contributed by atoms with Crippen LogP contribution >= 0.6 is 0 Å². The van der Waals surface area contributed by atoms with Gasteiger partial charge in [0.25, 0.3) is 0 Å². The number of anilines is 1. The maximum absolute atomic E-state index is 6.44. The quantitative estimate of drug-likeness (QED) is 0.0736. The highest BCUT2D eigenvalue weighted by Crippen LogP contribution is 2.47. The number of nitrogens with zero attached hydrogens (tertiary/aromatic N) is 7. The van der Waals surface area contributed by atoms with Gasteiger partial charge in [-0.15, -0.1) is 5.10 Å². The first kappa shape index (κ1) is 67.7. The van der Waals surface area contributed by atoms with E-state index in [1.54, 1.807) is 64.0 Å². The second kappa shape index (κ2) is 28.2. The van der Waals surface area contributed by atoms with E-state index in [2.05, 4.69) is 175 Å². The zero-order chi connectivity index (χ0) is 70.9. The second-order valence-electron chi connectivity index (χ2n) is 26.6. The van der Waals surface area contributed by atoms with Crippen LogP contribution in [0, 0.1) is 0 Å². The van der Waals surface area contributed by atoms with E-state index in [9.17, 15) is 0 Å². The summed E-state index contributed by atoms with van der Waals surface area (Å²) >= 11 is 0. The van der Waals surface area contributed by atoms with Crippen molar-refractivity contribution in [3.63, 3.8) is 0 Å². The average Bonchev–Trinajstić information content (AvgIpc) is 1.65. The first-order valence-electron chi connectivity index (χ1n) is 33.2. The van der Waals surface area contributed by atoms with Crippen LogP contribution in [0.4, 0.5) is 5.69 Å². The number of hydrogen-bond acceptors (Lipinski definition) is 16. The Hall–Kier alpha value is -11.9. The van der Waals surface area contributed by atoms with E-state index >= 15 is 0 Å². The topological polar surface area (TPSA) is 182 Å². The second-order valence-corrected chi connectivity index (χ2v) is 26.6. The summed E-state index contributed by atoms with van der Waals surface area (Å²) in [5.74, 6) is 4.79. The maximum Gasteiger partial charge on any atom is 0.218 e. The molecule has 8 bridgehead atoms. The Bertz CT molecular complexity index is 4720. The minimum Gasteiger partial charge on any atom is -0.493 e. The van der Waals surface area contributed by atoms with Crippen LogP contribution in [0.5, 0.6) is 57.5 Å². The normalized spacial score (nSPS) is 16.1. The van der Waals surface area contributed by atoms with Gasteiger partial charge in [0.2, 0.25) is 40.1 Å². The van der Waals surface area contributed by atoms with Gasteiger partial charge < -0.3 is 57.2 Å². The Kier molecular flexibility index (Phi) is 18.9. The van der Waals surface area contributed by atoms with Crippen molar-refractivity contribution in [1.82, 2.24) is 19.9 Å². The highest BCUT2D eigenvalue weighted by Gasteiger charge is 2.35. The van der Waals surface area contributed by atoms with Gasteiger partial charge in [0, 0.05) is 66.9 Å². The molecule has 5 aromatic carbocycles. The van der Waals surface area contributed by atoms with Crippen molar-refractivity contribution in [2.45, 2.75) is 65.5 Å². The Morgan fingerprint density at radius 1 is 0.406 bits per heavy atom. The van der Waals surface area contributed by atoms with Crippen LogP contribution in [0.1, 0.15) is 80.6 Å². The SMILES string of the molecule is COc1cc(C2=C3C=CC(=N3)C(c3cc(OC)c(OC)c(OC)c3)=C3C=CC(=[NH+]3)C(c3ccc(OCc4cn(CCN5C=CC(=C6C=CN(c7cc(C(C)(C)C)cc(C(C)(C)C)c7)C=C6)C=C5)nn4)cc3)=C3C=CC(=[NH+]3)C(c3cc(OC)c(OC)c(OC)c3)=C3C=CC2=N3)cc(OC)c1OC. The Labute approximate surface area is 589 Å². The molecule has 0 spiro atoms. The van der Waals surface area contributed by atoms with E-state index in [1.807, 2.05) is 83.7 Å². The molecule has 0 amide bonds. The third kappa shape index (κ3) is 13.6. The lowest BCUT2D eigenvalue weighted by Crippen LogP contribution is -2.71. The van der Waals surface area contributed by atoms with Crippen LogP contribution < -0.4 is 62.3 Å². The van der Waals surface area contributed by atoms with Crippen LogP contribution in [-0.2, 0) is 24.0 Å². The van der Waals surface area contributed by atoms with E-state index in [4.69, 9.17) is 57.4 Å². The number of benzene rings is 5. The standard InChI is InChI=1S/C82H81N9O10/c1-81(2,3)55-44-56(82(4,5)6)46-58(45-55)90-34-30-50(31-35-90)49-28-32-89(33-29-49)36-37-91-47-57(87-88-91)48-101-59-18-16-51(17-19-59)74-60-20-22-62(83-60)75(52-38-68(92-7)78(98-13)69(39-52)93-8)64-24-26-66(85-64)77(54-42-72(96-11)80(100-15)73(43-54)97-12)67-27-25-65(86-67)76(63-23-21-61(74)84-63)53-40-70(94-9)79(99-14)71(41-53)95-10/h16-35,38-47H,36-37,48H2,1-15H3/p+2. The zero-order valence-electron chi connectivity index (χ0n) is 59.7. The Morgan fingerprint density at radius 3 is 1.32 bits per heavy atom. The van der Waals surface area contributed by atoms with E-state index in [0.717, 1.165) is 73.1 Å². The molecule has 0 atom stereocenters. The van der Waals surface area contributed by atoms with Crippen molar-refractivity contribution in [3.05, 3.63) is 256 Å². The summed E-state index contributed by atoms with van der Waals surface area (Å²) in [7, 11) is 14.3. The minimum atomic E-state index is 0.0320. The summed E-state index contributed by atoms with van der Waals surface area (Å²) in [5.41, 5.74) is 18.6. The number of aliphatic imine (C=N–C) groups is 2. The first-order chi connectivity index (χ1) is 48.8. The Balaban J connectivity index is 0.818. The Morgan fingerprint density at radius 2 is 0.842 bits per heavy atom. The van der Waals surface area contributed by atoms with Crippen molar-refractivity contribution < 1.29 is 57.4 Å². The molecule has 7 aliphatic heterocycles. The lowest BCUT2D eigenvalue weighted by Gasteiger charge is -2.29.